The third-order valence-corrected chi connectivity index (χ3v) is 2.43. The van der Waals surface area contributed by atoms with E-state index >= 15 is 0 Å². The summed E-state index contributed by atoms with van der Waals surface area (Å²) in [5.74, 6) is -1.60. The van der Waals surface area contributed by atoms with Crippen LogP contribution >= 0.6 is 0 Å². The van der Waals surface area contributed by atoms with Crippen LogP contribution in [-0.2, 0) is 0 Å². The maximum absolute atomic E-state index is 13.3. The van der Waals surface area contributed by atoms with Crippen molar-refractivity contribution < 1.29 is 22.3 Å². The molecule has 0 aliphatic carbocycles. The fourth-order valence-corrected chi connectivity index (χ4v) is 1.50. The fourth-order valence-electron chi connectivity index (χ4n) is 1.50. The number of alkyl halides is 3. The van der Waals surface area contributed by atoms with Gasteiger partial charge in [0.05, 0.1) is 0 Å². The molecule has 0 unspecified atom stereocenters. The van der Waals surface area contributed by atoms with Crippen LogP contribution in [0.25, 0.3) is 0 Å². The average Bonchev–Trinajstić information content (AvgIpc) is 2.04. The molecule has 6 heteroatoms. The predicted octanol–water partition coefficient (Wildman–Crippen LogP) is 2.41. The predicted molar refractivity (Wildman–Crippen MR) is 48.7 cm³/mol. The Balaban J connectivity index is 2.16. The van der Waals surface area contributed by atoms with Crippen molar-refractivity contribution in [2.45, 2.75) is 12.3 Å². The maximum Gasteiger partial charge on any atom is 0.573 e. The lowest BCUT2D eigenvalue weighted by molar-refractivity contribution is -0.275. The first kappa shape index (κ1) is 11.2. The first-order valence-electron chi connectivity index (χ1n) is 4.71. The molecule has 0 radical (unpaired) electrons. The highest BCUT2D eigenvalue weighted by molar-refractivity contribution is 5.32. The van der Waals surface area contributed by atoms with Crippen LogP contribution in [-0.4, -0.2) is 19.5 Å². The van der Waals surface area contributed by atoms with Gasteiger partial charge in [-0.25, -0.2) is 4.39 Å². The molecule has 16 heavy (non-hydrogen) atoms. The van der Waals surface area contributed by atoms with Crippen LogP contribution in [0, 0.1) is 5.82 Å². The lowest BCUT2D eigenvalue weighted by Gasteiger charge is -2.27. The number of hydrogen-bond donors (Lipinski definition) is 1. The zero-order chi connectivity index (χ0) is 11.8. The summed E-state index contributed by atoms with van der Waals surface area (Å²) >= 11 is 0. The van der Waals surface area contributed by atoms with Crippen molar-refractivity contribution in [1.82, 2.24) is 5.32 Å². The first-order valence-corrected chi connectivity index (χ1v) is 4.71. The normalized spacial score (nSPS) is 17.0. The Hall–Kier alpha value is -1.30. The molecule has 2 rings (SSSR count). The fraction of sp³-hybridized carbons (Fsp3) is 0.400. The molecule has 0 aromatic heterocycles. The van der Waals surface area contributed by atoms with E-state index in [1.54, 1.807) is 0 Å². The number of ether oxygens (including phenoxy) is 1. The van der Waals surface area contributed by atoms with Gasteiger partial charge in [0.1, 0.15) is 0 Å². The number of halogens is 4. The molecule has 1 heterocycles. The van der Waals surface area contributed by atoms with Crippen LogP contribution in [0.3, 0.4) is 0 Å². The van der Waals surface area contributed by atoms with Crippen molar-refractivity contribution in [1.29, 1.82) is 0 Å². The number of hydrogen-bond acceptors (Lipinski definition) is 2. The molecule has 1 N–H and O–H groups in total. The summed E-state index contributed by atoms with van der Waals surface area (Å²) < 4.78 is 52.4. The summed E-state index contributed by atoms with van der Waals surface area (Å²) in [5.41, 5.74) is 0.686. The molecule has 1 aliphatic rings. The molecule has 0 spiro atoms. The van der Waals surface area contributed by atoms with E-state index < -0.39 is 17.9 Å². The third kappa shape index (κ3) is 2.44. The standard InChI is InChI=1S/C10H9F4NO/c11-8-3-6(7-4-15-5-7)1-2-9(8)16-10(12,13)14/h1-3,7,15H,4-5H2. The minimum atomic E-state index is -4.86. The molecular formula is C10H9F4NO. The van der Waals surface area contributed by atoms with E-state index in [0.29, 0.717) is 5.56 Å². The quantitative estimate of drug-likeness (QED) is 0.795. The minimum Gasteiger partial charge on any atom is -0.403 e. The first-order chi connectivity index (χ1) is 7.46. The molecular weight excluding hydrogens is 226 g/mol. The second-order valence-electron chi connectivity index (χ2n) is 3.59. The van der Waals surface area contributed by atoms with Crippen LogP contribution in [0.5, 0.6) is 5.75 Å². The molecule has 1 saturated heterocycles. The zero-order valence-corrected chi connectivity index (χ0v) is 8.14. The number of rotatable bonds is 2. The summed E-state index contributed by atoms with van der Waals surface area (Å²) in [6.07, 6.45) is -4.86. The Bertz CT molecular complexity index is 387. The molecule has 0 atom stereocenters. The Labute approximate surface area is 89.2 Å². The molecule has 1 aromatic rings. The molecule has 1 fully saturated rings. The second-order valence-corrected chi connectivity index (χ2v) is 3.59. The topological polar surface area (TPSA) is 21.3 Å². The van der Waals surface area contributed by atoms with Crippen LogP contribution in [0.1, 0.15) is 11.5 Å². The van der Waals surface area contributed by atoms with Crippen LogP contribution < -0.4 is 10.1 Å². The molecule has 1 aliphatic heterocycles. The third-order valence-electron chi connectivity index (χ3n) is 2.43. The van der Waals surface area contributed by atoms with E-state index in [4.69, 9.17) is 0 Å². The van der Waals surface area contributed by atoms with Crippen LogP contribution in [0.2, 0.25) is 0 Å². The van der Waals surface area contributed by atoms with E-state index in [0.717, 1.165) is 25.2 Å². The van der Waals surface area contributed by atoms with E-state index in [1.165, 1.54) is 6.07 Å². The minimum absolute atomic E-state index is 0.175. The van der Waals surface area contributed by atoms with Gasteiger partial charge >= 0.3 is 6.36 Å². The number of nitrogens with one attached hydrogen (secondary N) is 1. The summed E-state index contributed by atoms with van der Waals surface area (Å²) in [6, 6.07) is 3.55. The Kier molecular flexibility index (Phi) is 2.75. The Morgan fingerprint density at radius 3 is 2.38 bits per heavy atom. The molecule has 0 amide bonds. The molecule has 88 valence electrons. The SMILES string of the molecule is Fc1cc(C2CNC2)ccc1OC(F)(F)F. The van der Waals surface area contributed by atoms with Crippen molar-refractivity contribution in [2.24, 2.45) is 0 Å². The number of benzene rings is 1. The molecule has 0 bridgehead atoms. The van der Waals surface area contributed by atoms with Crippen molar-refractivity contribution >= 4 is 0 Å². The van der Waals surface area contributed by atoms with Gasteiger partial charge in [0, 0.05) is 19.0 Å². The summed E-state index contributed by atoms with van der Waals surface area (Å²) in [7, 11) is 0. The summed E-state index contributed by atoms with van der Waals surface area (Å²) in [5, 5.41) is 3.00. The highest BCUT2D eigenvalue weighted by Gasteiger charge is 2.32. The Morgan fingerprint density at radius 1 is 1.25 bits per heavy atom. The van der Waals surface area contributed by atoms with Crippen molar-refractivity contribution in [3.05, 3.63) is 29.6 Å². The molecule has 1 aromatic carbocycles. The zero-order valence-electron chi connectivity index (χ0n) is 8.14. The lowest BCUT2D eigenvalue weighted by Crippen LogP contribution is -2.39. The molecule has 2 nitrogen and oxygen atoms in total. The summed E-state index contributed by atoms with van der Waals surface area (Å²) in [4.78, 5) is 0. The average molecular weight is 235 g/mol. The highest BCUT2D eigenvalue weighted by Crippen LogP contribution is 2.29. The van der Waals surface area contributed by atoms with Crippen molar-refractivity contribution in [2.75, 3.05) is 13.1 Å². The van der Waals surface area contributed by atoms with Gasteiger partial charge < -0.3 is 10.1 Å². The largest absolute Gasteiger partial charge is 0.573 e. The van der Waals surface area contributed by atoms with Crippen LogP contribution in [0.15, 0.2) is 18.2 Å². The van der Waals surface area contributed by atoms with E-state index in [-0.39, 0.29) is 5.92 Å². The van der Waals surface area contributed by atoms with E-state index in [9.17, 15) is 17.6 Å². The van der Waals surface area contributed by atoms with Crippen molar-refractivity contribution in [3.63, 3.8) is 0 Å². The van der Waals surface area contributed by atoms with Gasteiger partial charge in [0.2, 0.25) is 0 Å². The van der Waals surface area contributed by atoms with Gasteiger partial charge in [-0.15, -0.1) is 13.2 Å². The smallest absolute Gasteiger partial charge is 0.403 e. The molecule has 0 saturated carbocycles. The highest BCUT2D eigenvalue weighted by atomic mass is 19.4. The van der Waals surface area contributed by atoms with Crippen LogP contribution in [0.4, 0.5) is 17.6 Å². The monoisotopic (exact) mass is 235 g/mol. The summed E-state index contributed by atoms with van der Waals surface area (Å²) in [6.45, 7) is 1.44. The van der Waals surface area contributed by atoms with Gasteiger partial charge in [0.15, 0.2) is 11.6 Å². The van der Waals surface area contributed by atoms with E-state index in [2.05, 4.69) is 10.1 Å². The van der Waals surface area contributed by atoms with Gasteiger partial charge in [-0.2, -0.15) is 0 Å². The second kappa shape index (κ2) is 3.93. The van der Waals surface area contributed by atoms with Gasteiger partial charge in [0.25, 0.3) is 0 Å². The lowest BCUT2D eigenvalue weighted by atomic mass is 9.94. The Morgan fingerprint density at radius 2 is 1.94 bits per heavy atom. The maximum atomic E-state index is 13.3. The van der Waals surface area contributed by atoms with Gasteiger partial charge in [-0.3, -0.25) is 0 Å². The van der Waals surface area contributed by atoms with Gasteiger partial charge in [-0.1, -0.05) is 6.07 Å². The van der Waals surface area contributed by atoms with Crippen molar-refractivity contribution in [3.8, 4) is 5.75 Å². The van der Waals surface area contributed by atoms with Gasteiger partial charge in [-0.05, 0) is 17.7 Å². The van der Waals surface area contributed by atoms with E-state index in [1.807, 2.05) is 0 Å².